The van der Waals surface area contributed by atoms with Gasteiger partial charge in [0.05, 0.1) is 18.8 Å². The van der Waals surface area contributed by atoms with Crippen LogP contribution in [-0.2, 0) is 10.5 Å². The zero-order chi connectivity index (χ0) is 11.6. The Kier molecular flexibility index (Phi) is 2.58. The van der Waals surface area contributed by atoms with Gasteiger partial charge in [-0.15, -0.1) is 0 Å². The number of nitrogens with one attached hydrogen (secondary N) is 1. The molecule has 0 aliphatic carbocycles. The Labute approximate surface area is 98.7 Å². The zero-order valence-electron chi connectivity index (χ0n) is 9.28. The van der Waals surface area contributed by atoms with Gasteiger partial charge in [-0.1, -0.05) is 0 Å². The van der Waals surface area contributed by atoms with Crippen molar-refractivity contribution in [3.63, 3.8) is 0 Å². The first-order valence-electron chi connectivity index (χ1n) is 5.53. The van der Waals surface area contributed by atoms with Crippen LogP contribution in [0.1, 0.15) is 5.69 Å². The highest BCUT2D eigenvalue weighted by Crippen LogP contribution is 2.26. The van der Waals surface area contributed by atoms with Crippen LogP contribution in [0.2, 0.25) is 0 Å². The predicted octanol–water partition coefficient (Wildman–Crippen LogP) is -0.00600. The number of ether oxygens (including phenoxy) is 1. The lowest BCUT2D eigenvalue weighted by Gasteiger charge is -2.37. The van der Waals surface area contributed by atoms with E-state index in [0.29, 0.717) is 13.2 Å². The van der Waals surface area contributed by atoms with Gasteiger partial charge >= 0.3 is 0 Å². The Morgan fingerprint density at radius 3 is 3.06 bits per heavy atom. The van der Waals surface area contributed by atoms with E-state index in [9.17, 15) is 0 Å². The van der Waals surface area contributed by atoms with Gasteiger partial charge in [0, 0.05) is 25.1 Å². The number of rotatable bonds is 2. The molecule has 6 heteroatoms. The summed E-state index contributed by atoms with van der Waals surface area (Å²) in [5.41, 5.74) is 0.147. The fourth-order valence-electron chi connectivity index (χ4n) is 2.03. The van der Waals surface area contributed by atoms with E-state index in [1.165, 1.54) is 6.33 Å². The summed E-state index contributed by atoms with van der Waals surface area (Å²) in [7, 11) is 0. The van der Waals surface area contributed by atoms with Crippen LogP contribution in [0.15, 0.2) is 37.1 Å². The first-order valence-corrected chi connectivity index (χ1v) is 5.53. The highest BCUT2D eigenvalue weighted by molar-refractivity contribution is 5.13. The van der Waals surface area contributed by atoms with Gasteiger partial charge in [-0.05, 0) is 12.1 Å². The lowest BCUT2D eigenvalue weighted by molar-refractivity contribution is -0.103. The maximum atomic E-state index is 5.94. The van der Waals surface area contributed by atoms with Crippen LogP contribution >= 0.6 is 0 Å². The summed E-state index contributed by atoms with van der Waals surface area (Å²) >= 11 is 0. The van der Waals surface area contributed by atoms with E-state index >= 15 is 0 Å². The summed E-state index contributed by atoms with van der Waals surface area (Å²) in [4.78, 5) is 8.23. The van der Waals surface area contributed by atoms with Crippen molar-refractivity contribution < 1.29 is 4.74 Å². The number of aromatic nitrogens is 4. The summed E-state index contributed by atoms with van der Waals surface area (Å²) in [6, 6.07) is 3.73. The normalized spacial score (nSPS) is 24.7. The molecule has 0 aromatic carbocycles. The first kappa shape index (κ1) is 10.4. The number of morpholine rings is 1. The fourth-order valence-corrected chi connectivity index (χ4v) is 2.03. The molecule has 0 spiro atoms. The molecule has 3 heterocycles. The molecule has 0 amide bonds. The largest absolute Gasteiger partial charge is 0.346 e. The van der Waals surface area contributed by atoms with Crippen molar-refractivity contribution in [1.29, 1.82) is 0 Å². The Balaban J connectivity index is 2.08. The van der Waals surface area contributed by atoms with Crippen molar-refractivity contribution in [1.82, 2.24) is 25.1 Å². The second-order valence-electron chi connectivity index (χ2n) is 3.85. The summed E-state index contributed by atoms with van der Waals surface area (Å²) in [6.07, 6.45) is 6.86. The molecule has 1 N–H and O–H groups in total. The van der Waals surface area contributed by atoms with E-state index in [-0.39, 0.29) is 0 Å². The molecule has 1 aliphatic heterocycles. The van der Waals surface area contributed by atoms with Gasteiger partial charge in [-0.25, -0.2) is 14.6 Å². The van der Waals surface area contributed by atoms with E-state index in [1.54, 1.807) is 17.1 Å². The second kappa shape index (κ2) is 4.23. The third-order valence-electron chi connectivity index (χ3n) is 2.84. The maximum Gasteiger partial charge on any atom is 0.216 e. The van der Waals surface area contributed by atoms with E-state index in [4.69, 9.17) is 4.74 Å². The molecule has 3 rings (SSSR count). The molecular weight excluding hydrogens is 218 g/mol. The highest BCUT2D eigenvalue weighted by atomic mass is 16.5. The molecule has 1 unspecified atom stereocenters. The van der Waals surface area contributed by atoms with E-state index in [1.807, 2.05) is 18.3 Å². The van der Waals surface area contributed by atoms with Crippen molar-refractivity contribution in [2.75, 3.05) is 19.7 Å². The standard InChI is InChI=1S/C11H13N5O/c1-3-15-16(6-1)11(8-12-5-7-17-11)10-2-4-13-9-14-10/h1-4,6,9,12H,5,7-8H2. The minimum atomic E-state index is -0.662. The first-order chi connectivity index (χ1) is 8.42. The SMILES string of the molecule is c1cnn(C2(c3ccncn3)CNCCO2)c1. The second-order valence-corrected chi connectivity index (χ2v) is 3.85. The van der Waals surface area contributed by atoms with Gasteiger partial charge in [0.15, 0.2) is 0 Å². The van der Waals surface area contributed by atoms with Crippen molar-refractivity contribution in [2.45, 2.75) is 5.72 Å². The quantitative estimate of drug-likeness (QED) is 0.787. The van der Waals surface area contributed by atoms with Gasteiger partial charge in [0.25, 0.3) is 0 Å². The molecule has 17 heavy (non-hydrogen) atoms. The molecule has 0 radical (unpaired) electrons. The van der Waals surface area contributed by atoms with Gasteiger partial charge in [0.1, 0.15) is 6.33 Å². The Bertz CT molecular complexity index is 464. The summed E-state index contributed by atoms with van der Waals surface area (Å²) < 4.78 is 7.74. The third-order valence-corrected chi connectivity index (χ3v) is 2.84. The van der Waals surface area contributed by atoms with Crippen LogP contribution in [0.25, 0.3) is 0 Å². The number of nitrogens with zero attached hydrogens (tertiary/aromatic N) is 4. The molecule has 6 nitrogen and oxygen atoms in total. The highest BCUT2D eigenvalue weighted by Gasteiger charge is 2.39. The molecule has 0 bridgehead atoms. The zero-order valence-corrected chi connectivity index (χ0v) is 9.28. The molecule has 1 atom stereocenters. The molecule has 0 saturated carbocycles. The van der Waals surface area contributed by atoms with E-state index < -0.39 is 5.72 Å². The summed E-state index contributed by atoms with van der Waals surface area (Å²) in [5, 5.41) is 7.60. The monoisotopic (exact) mass is 231 g/mol. The van der Waals surface area contributed by atoms with Crippen LogP contribution in [0, 0.1) is 0 Å². The predicted molar refractivity (Wildman–Crippen MR) is 60.2 cm³/mol. The Morgan fingerprint density at radius 2 is 2.41 bits per heavy atom. The van der Waals surface area contributed by atoms with E-state index in [2.05, 4.69) is 20.4 Å². The van der Waals surface area contributed by atoms with Crippen molar-refractivity contribution in [2.24, 2.45) is 0 Å². The van der Waals surface area contributed by atoms with E-state index in [0.717, 1.165) is 12.2 Å². The molecule has 88 valence electrons. The minimum Gasteiger partial charge on any atom is -0.346 e. The maximum absolute atomic E-state index is 5.94. The van der Waals surface area contributed by atoms with Crippen LogP contribution in [0.4, 0.5) is 0 Å². The molecule has 1 aliphatic rings. The topological polar surface area (TPSA) is 64.9 Å². The van der Waals surface area contributed by atoms with Gasteiger partial charge in [-0.3, -0.25) is 0 Å². The third kappa shape index (κ3) is 1.71. The Morgan fingerprint density at radius 1 is 1.41 bits per heavy atom. The molecule has 2 aromatic rings. The molecule has 1 saturated heterocycles. The van der Waals surface area contributed by atoms with Gasteiger partial charge in [0.2, 0.25) is 5.72 Å². The smallest absolute Gasteiger partial charge is 0.216 e. The molecule has 1 fully saturated rings. The lowest BCUT2D eigenvalue weighted by atomic mass is 10.1. The number of hydrogen-bond donors (Lipinski definition) is 1. The molecule has 2 aromatic heterocycles. The Hall–Kier alpha value is -1.79. The van der Waals surface area contributed by atoms with Crippen LogP contribution in [-0.4, -0.2) is 39.4 Å². The minimum absolute atomic E-state index is 0.629. The van der Waals surface area contributed by atoms with Crippen LogP contribution in [0.3, 0.4) is 0 Å². The van der Waals surface area contributed by atoms with Crippen LogP contribution < -0.4 is 5.32 Å². The summed E-state index contributed by atoms with van der Waals surface area (Å²) in [6.45, 7) is 2.11. The fraction of sp³-hybridized carbons (Fsp3) is 0.364. The number of hydrogen-bond acceptors (Lipinski definition) is 5. The van der Waals surface area contributed by atoms with Crippen LogP contribution in [0.5, 0.6) is 0 Å². The molecular formula is C11H13N5O. The average molecular weight is 231 g/mol. The van der Waals surface area contributed by atoms with Gasteiger partial charge < -0.3 is 10.1 Å². The lowest BCUT2D eigenvalue weighted by Crippen LogP contribution is -2.52. The van der Waals surface area contributed by atoms with Crippen molar-refractivity contribution >= 4 is 0 Å². The van der Waals surface area contributed by atoms with Crippen molar-refractivity contribution in [3.8, 4) is 0 Å². The van der Waals surface area contributed by atoms with Crippen molar-refractivity contribution in [3.05, 3.63) is 42.7 Å². The summed E-state index contributed by atoms with van der Waals surface area (Å²) in [5.74, 6) is 0. The average Bonchev–Trinajstić information content (AvgIpc) is 2.95. The van der Waals surface area contributed by atoms with Gasteiger partial charge in [-0.2, -0.15) is 5.10 Å².